The molecule has 0 aliphatic heterocycles. The van der Waals surface area contributed by atoms with E-state index in [1.54, 1.807) is 37.3 Å². The number of rotatable bonds is 7. The van der Waals surface area contributed by atoms with Crippen LogP contribution in [0, 0.1) is 19.7 Å². The lowest BCUT2D eigenvalue weighted by molar-refractivity contribution is -0.111. The van der Waals surface area contributed by atoms with Gasteiger partial charge in [0.25, 0.3) is 0 Å². The van der Waals surface area contributed by atoms with Crippen molar-refractivity contribution in [3.8, 4) is 5.69 Å². The van der Waals surface area contributed by atoms with E-state index in [9.17, 15) is 17.6 Å². The van der Waals surface area contributed by atoms with Crippen LogP contribution in [0.2, 0.25) is 0 Å². The molecule has 0 atom stereocenters. The Balaban J connectivity index is 1.67. The Labute approximate surface area is 180 Å². The highest BCUT2D eigenvalue weighted by molar-refractivity contribution is 7.89. The van der Waals surface area contributed by atoms with Gasteiger partial charge in [0.1, 0.15) is 5.69 Å². The highest BCUT2D eigenvalue weighted by Gasteiger charge is 2.12. The zero-order chi connectivity index (χ0) is 22.6. The molecule has 0 unspecified atom stereocenters. The summed E-state index contributed by atoms with van der Waals surface area (Å²) >= 11 is 0. The Morgan fingerprint density at radius 1 is 1.13 bits per heavy atom. The van der Waals surface area contributed by atoms with Crippen LogP contribution in [0.5, 0.6) is 0 Å². The van der Waals surface area contributed by atoms with E-state index >= 15 is 0 Å². The number of aromatic nitrogens is 2. The Hall–Kier alpha value is -3.30. The molecule has 1 aromatic heterocycles. The zero-order valence-corrected chi connectivity index (χ0v) is 18.2. The second-order valence-corrected chi connectivity index (χ2v) is 8.66. The quantitative estimate of drug-likeness (QED) is 0.547. The van der Waals surface area contributed by atoms with Gasteiger partial charge in [-0.05, 0) is 61.9 Å². The summed E-state index contributed by atoms with van der Waals surface area (Å²) in [5.41, 5.74) is 2.85. The molecule has 0 bridgehead atoms. The molecule has 9 heteroatoms. The number of amides is 1. The summed E-state index contributed by atoms with van der Waals surface area (Å²) in [7, 11) is -3.52. The minimum absolute atomic E-state index is 0.147. The van der Waals surface area contributed by atoms with Crippen molar-refractivity contribution in [2.75, 3.05) is 11.9 Å². The second-order valence-electron chi connectivity index (χ2n) is 6.90. The van der Waals surface area contributed by atoms with Gasteiger partial charge in [-0.25, -0.2) is 22.2 Å². The van der Waals surface area contributed by atoms with Gasteiger partial charge in [-0.15, -0.1) is 0 Å². The number of carbonyl (C=O) groups excluding carboxylic acids is 1. The largest absolute Gasteiger partial charge is 0.322 e. The minimum atomic E-state index is -3.52. The van der Waals surface area contributed by atoms with Crippen molar-refractivity contribution in [2.24, 2.45) is 0 Å². The maximum absolute atomic E-state index is 14.5. The van der Waals surface area contributed by atoms with Crippen molar-refractivity contribution >= 4 is 27.7 Å². The fourth-order valence-electron chi connectivity index (χ4n) is 3.02. The van der Waals surface area contributed by atoms with Crippen LogP contribution in [0.25, 0.3) is 11.8 Å². The molecule has 2 N–H and O–H groups in total. The van der Waals surface area contributed by atoms with E-state index in [2.05, 4.69) is 15.1 Å². The molecule has 0 radical (unpaired) electrons. The number of halogens is 1. The molecular weight excluding hydrogens is 419 g/mol. The van der Waals surface area contributed by atoms with Crippen molar-refractivity contribution in [3.05, 3.63) is 77.4 Å². The van der Waals surface area contributed by atoms with Crippen LogP contribution in [-0.4, -0.2) is 30.7 Å². The third kappa shape index (κ3) is 5.44. The van der Waals surface area contributed by atoms with Crippen molar-refractivity contribution in [1.82, 2.24) is 14.5 Å². The molecule has 3 rings (SSSR count). The van der Waals surface area contributed by atoms with Crippen LogP contribution in [-0.2, 0) is 14.8 Å². The number of anilines is 1. The molecule has 0 spiro atoms. The Kier molecular flexibility index (Phi) is 6.67. The normalized spacial score (nSPS) is 11.7. The molecule has 3 aromatic rings. The number of carbonyl (C=O) groups is 1. The van der Waals surface area contributed by atoms with Gasteiger partial charge in [-0.3, -0.25) is 4.79 Å². The van der Waals surface area contributed by atoms with Crippen molar-refractivity contribution in [3.63, 3.8) is 0 Å². The smallest absolute Gasteiger partial charge is 0.248 e. The molecule has 162 valence electrons. The first-order valence-corrected chi connectivity index (χ1v) is 11.1. The lowest BCUT2D eigenvalue weighted by Gasteiger charge is -2.08. The molecule has 1 heterocycles. The van der Waals surface area contributed by atoms with Gasteiger partial charge in [0.05, 0.1) is 10.6 Å². The van der Waals surface area contributed by atoms with E-state index in [0.717, 1.165) is 11.4 Å². The molecule has 0 aliphatic carbocycles. The SMILES string of the molecule is CCNS(=O)(=O)c1ccc(C=CC(=O)Nc2ccc(-n3nc(C)cc3C)c(F)c2)cc1. The number of hydrogen-bond acceptors (Lipinski definition) is 4. The number of hydrogen-bond donors (Lipinski definition) is 2. The monoisotopic (exact) mass is 442 g/mol. The van der Waals surface area contributed by atoms with Crippen LogP contribution in [0.15, 0.2) is 59.5 Å². The fourth-order valence-corrected chi connectivity index (χ4v) is 4.06. The summed E-state index contributed by atoms with van der Waals surface area (Å²) in [6, 6.07) is 12.3. The van der Waals surface area contributed by atoms with Crippen molar-refractivity contribution < 1.29 is 17.6 Å². The number of sulfonamides is 1. The van der Waals surface area contributed by atoms with Gasteiger partial charge in [0.2, 0.25) is 15.9 Å². The fraction of sp³-hybridized carbons (Fsp3) is 0.182. The van der Waals surface area contributed by atoms with Gasteiger partial charge in [0, 0.05) is 24.0 Å². The maximum Gasteiger partial charge on any atom is 0.248 e. The predicted molar refractivity (Wildman–Crippen MR) is 118 cm³/mol. The molecule has 1 amide bonds. The molecule has 0 saturated carbocycles. The average molecular weight is 443 g/mol. The van der Waals surface area contributed by atoms with E-state index < -0.39 is 21.7 Å². The molecule has 31 heavy (non-hydrogen) atoms. The number of benzene rings is 2. The van der Waals surface area contributed by atoms with Gasteiger partial charge < -0.3 is 5.32 Å². The van der Waals surface area contributed by atoms with Gasteiger partial charge in [-0.2, -0.15) is 5.10 Å². The minimum Gasteiger partial charge on any atom is -0.322 e. The summed E-state index contributed by atoms with van der Waals surface area (Å²) in [6.45, 7) is 5.66. The summed E-state index contributed by atoms with van der Waals surface area (Å²) in [5, 5.41) is 6.87. The first-order valence-electron chi connectivity index (χ1n) is 9.61. The van der Waals surface area contributed by atoms with E-state index in [1.807, 2.05) is 19.9 Å². The summed E-state index contributed by atoms with van der Waals surface area (Å²) < 4.78 is 42.3. The van der Waals surface area contributed by atoms with Crippen molar-refractivity contribution in [2.45, 2.75) is 25.7 Å². The van der Waals surface area contributed by atoms with E-state index in [4.69, 9.17) is 0 Å². The summed E-state index contributed by atoms with van der Waals surface area (Å²) in [5.74, 6) is -0.951. The van der Waals surface area contributed by atoms with Crippen LogP contribution in [0.4, 0.5) is 10.1 Å². The third-order valence-corrected chi connectivity index (χ3v) is 5.97. The topological polar surface area (TPSA) is 93.1 Å². The average Bonchev–Trinajstić information content (AvgIpc) is 3.04. The Bertz CT molecular complexity index is 1230. The van der Waals surface area contributed by atoms with Crippen molar-refractivity contribution in [1.29, 1.82) is 0 Å². The Morgan fingerprint density at radius 2 is 1.84 bits per heavy atom. The third-order valence-electron chi connectivity index (χ3n) is 4.40. The molecule has 0 fully saturated rings. The van der Waals surface area contributed by atoms with Crippen LogP contribution < -0.4 is 10.0 Å². The molecule has 0 saturated heterocycles. The summed E-state index contributed by atoms with van der Waals surface area (Å²) in [6.07, 6.45) is 2.83. The number of nitrogens with zero attached hydrogens (tertiary/aromatic N) is 2. The van der Waals surface area contributed by atoms with Crippen LogP contribution in [0.1, 0.15) is 23.9 Å². The molecule has 0 aliphatic rings. The maximum atomic E-state index is 14.5. The molecular formula is C22H23FN4O3S. The zero-order valence-electron chi connectivity index (χ0n) is 17.4. The van der Waals surface area contributed by atoms with E-state index in [-0.39, 0.29) is 4.90 Å². The second kappa shape index (κ2) is 9.23. The van der Waals surface area contributed by atoms with Gasteiger partial charge >= 0.3 is 0 Å². The van der Waals surface area contributed by atoms with Gasteiger partial charge in [0.15, 0.2) is 5.82 Å². The van der Waals surface area contributed by atoms with Gasteiger partial charge in [-0.1, -0.05) is 19.1 Å². The number of nitrogens with one attached hydrogen (secondary N) is 2. The van der Waals surface area contributed by atoms with Crippen LogP contribution >= 0.6 is 0 Å². The summed E-state index contributed by atoms with van der Waals surface area (Å²) in [4.78, 5) is 12.3. The molecule has 7 nitrogen and oxygen atoms in total. The lowest BCUT2D eigenvalue weighted by Crippen LogP contribution is -2.22. The predicted octanol–water partition coefficient (Wildman–Crippen LogP) is 3.58. The van der Waals surface area contributed by atoms with E-state index in [0.29, 0.717) is 23.5 Å². The highest BCUT2D eigenvalue weighted by atomic mass is 32.2. The lowest BCUT2D eigenvalue weighted by atomic mass is 10.2. The Morgan fingerprint density at radius 3 is 2.42 bits per heavy atom. The first kappa shape index (κ1) is 22.4. The standard InChI is InChI=1S/C22H23FN4O3S/c1-4-24-31(29,30)19-9-5-17(6-10-19)7-12-22(28)25-18-8-11-21(20(23)14-18)27-16(3)13-15(2)26-27/h5-14,24H,4H2,1-3H3,(H,25,28). The van der Waals surface area contributed by atoms with Crippen LogP contribution in [0.3, 0.4) is 0 Å². The van der Waals surface area contributed by atoms with E-state index in [1.165, 1.54) is 29.0 Å². The highest BCUT2D eigenvalue weighted by Crippen LogP contribution is 2.20. The first-order chi connectivity index (χ1) is 14.7. The molecule has 2 aromatic carbocycles. The number of aryl methyl sites for hydroxylation is 2.